The molecule has 2 atom stereocenters. The molecular formula is C25H24F3N5O2. The third-order valence-electron chi connectivity index (χ3n) is 7.49. The molecule has 7 nitrogen and oxygen atoms in total. The summed E-state index contributed by atoms with van der Waals surface area (Å²) in [6.07, 6.45) is -4.11. The molecule has 2 aliphatic rings. The number of halogens is 3. The Bertz CT molecular complexity index is 1350. The van der Waals surface area contributed by atoms with Gasteiger partial charge in [-0.05, 0) is 30.7 Å². The van der Waals surface area contributed by atoms with Crippen molar-refractivity contribution >= 4 is 22.5 Å². The van der Waals surface area contributed by atoms with Gasteiger partial charge in [-0.3, -0.25) is 9.48 Å². The number of para-hydroxylation sites is 1. The minimum absolute atomic E-state index is 0.120. The number of likely N-dealkylation sites (tertiary alicyclic amines) is 1. The Morgan fingerprint density at radius 2 is 2.03 bits per heavy atom. The summed E-state index contributed by atoms with van der Waals surface area (Å²) < 4.78 is 42.1. The van der Waals surface area contributed by atoms with Crippen molar-refractivity contribution in [2.45, 2.75) is 12.6 Å². The predicted octanol–water partition coefficient (Wildman–Crippen LogP) is 3.42. The summed E-state index contributed by atoms with van der Waals surface area (Å²) in [5.41, 5.74) is -0.331. The van der Waals surface area contributed by atoms with E-state index in [0.717, 1.165) is 17.0 Å². The SMILES string of the molecule is Cn1nc(C(=O)N2CC[C@@]3(CO)CN(c4ccc(C#N)c(C(F)(F)F)c4)C[C@H]3C2)c2ccccc21. The number of fused-ring (bicyclic) bond motifs is 2. The molecule has 2 aromatic carbocycles. The lowest BCUT2D eigenvalue weighted by Gasteiger charge is -2.42. The number of alkyl halides is 3. The summed E-state index contributed by atoms with van der Waals surface area (Å²) >= 11 is 0. The number of rotatable bonds is 3. The standard InChI is InChI=1S/C25H24F3N5O2/c1-31-21-5-3-2-4-19(21)22(30-31)23(35)32-9-8-24(15-34)14-33(13-17(24)12-32)18-7-6-16(11-29)20(10-18)25(26,27)28/h2-7,10,17,34H,8-9,12-15H2,1H3/t17-,24+/m1/s1. The zero-order chi connectivity index (χ0) is 25.0. The Morgan fingerprint density at radius 3 is 2.74 bits per heavy atom. The molecule has 0 spiro atoms. The quantitative estimate of drug-likeness (QED) is 0.617. The lowest BCUT2D eigenvalue weighted by Crippen LogP contribution is -2.50. The van der Waals surface area contributed by atoms with Crippen LogP contribution in [0.3, 0.4) is 0 Å². The van der Waals surface area contributed by atoms with E-state index in [1.807, 2.05) is 29.2 Å². The van der Waals surface area contributed by atoms with Gasteiger partial charge in [-0.1, -0.05) is 18.2 Å². The number of hydrogen-bond donors (Lipinski definition) is 1. The molecule has 0 bridgehead atoms. The Hall–Kier alpha value is -3.58. The molecule has 2 fully saturated rings. The molecule has 2 aliphatic heterocycles. The number of nitriles is 1. The van der Waals surface area contributed by atoms with Gasteiger partial charge in [0.1, 0.15) is 0 Å². The van der Waals surface area contributed by atoms with Crippen molar-refractivity contribution in [3.63, 3.8) is 0 Å². The number of nitrogens with zero attached hydrogens (tertiary/aromatic N) is 5. The van der Waals surface area contributed by atoms with Crippen LogP contribution in [-0.4, -0.2) is 58.5 Å². The summed E-state index contributed by atoms with van der Waals surface area (Å²) in [7, 11) is 1.79. The highest BCUT2D eigenvalue weighted by molar-refractivity contribution is 6.04. The first-order valence-electron chi connectivity index (χ1n) is 11.3. The van der Waals surface area contributed by atoms with Crippen LogP contribution >= 0.6 is 0 Å². The van der Waals surface area contributed by atoms with Gasteiger partial charge in [-0.15, -0.1) is 0 Å². The molecule has 0 unspecified atom stereocenters. The van der Waals surface area contributed by atoms with E-state index < -0.39 is 22.7 Å². The number of carbonyl (C=O) groups excluding carboxylic acids is 1. The zero-order valence-corrected chi connectivity index (χ0v) is 19.1. The van der Waals surface area contributed by atoms with E-state index in [1.165, 1.54) is 12.1 Å². The number of amides is 1. The highest BCUT2D eigenvalue weighted by Gasteiger charge is 2.50. The fourth-order valence-corrected chi connectivity index (χ4v) is 5.50. The summed E-state index contributed by atoms with van der Waals surface area (Å²) in [4.78, 5) is 17.0. The molecule has 1 amide bonds. The third-order valence-corrected chi connectivity index (χ3v) is 7.49. The highest BCUT2D eigenvalue weighted by atomic mass is 19.4. The average molecular weight is 483 g/mol. The number of aryl methyl sites for hydroxylation is 1. The van der Waals surface area contributed by atoms with Gasteiger partial charge in [0.2, 0.25) is 0 Å². The third kappa shape index (κ3) is 3.80. The fraction of sp³-hybridized carbons (Fsp3) is 0.400. The van der Waals surface area contributed by atoms with Crippen molar-refractivity contribution < 1.29 is 23.1 Å². The van der Waals surface area contributed by atoms with E-state index >= 15 is 0 Å². The van der Waals surface area contributed by atoms with Crippen LogP contribution < -0.4 is 4.90 Å². The van der Waals surface area contributed by atoms with Crippen LogP contribution in [-0.2, 0) is 13.2 Å². The molecule has 5 rings (SSSR count). The molecule has 2 saturated heterocycles. The topological polar surface area (TPSA) is 85.4 Å². The molecule has 1 N–H and O–H groups in total. The van der Waals surface area contributed by atoms with Crippen molar-refractivity contribution in [3.05, 3.63) is 59.3 Å². The molecule has 0 aliphatic carbocycles. The number of aliphatic hydroxyl groups excluding tert-OH is 1. The van der Waals surface area contributed by atoms with Crippen LogP contribution in [0, 0.1) is 22.7 Å². The van der Waals surface area contributed by atoms with Crippen LogP contribution in [0.4, 0.5) is 18.9 Å². The van der Waals surface area contributed by atoms with E-state index in [4.69, 9.17) is 5.26 Å². The van der Waals surface area contributed by atoms with E-state index in [2.05, 4.69) is 5.10 Å². The predicted molar refractivity (Wildman–Crippen MR) is 123 cm³/mol. The van der Waals surface area contributed by atoms with Crippen molar-refractivity contribution in [1.29, 1.82) is 5.26 Å². The second-order valence-electron chi connectivity index (χ2n) is 9.43. The van der Waals surface area contributed by atoms with Gasteiger partial charge in [0.05, 0.1) is 29.3 Å². The number of aliphatic hydroxyl groups is 1. The van der Waals surface area contributed by atoms with Gasteiger partial charge in [0.15, 0.2) is 5.69 Å². The zero-order valence-electron chi connectivity index (χ0n) is 19.1. The van der Waals surface area contributed by atoms with Gasteiger partial charge < -0.3 is 14.9 Å². The van der Waals surface area contributed by atoms with Gasteiger partial charge in [0, 0.05) is 55.6 Å². The van der Waals surface area contributed by atoms with E-state index in [-0.39, 0.29) is 18.4 Å². The Morgan fingerprint density at radius 1 is 1.26 bits per heavy atom. The normalized spacial score (nSPS) is 22.3. The lowest BCUT2D eigenvalue weighted by atomic mass is 9.73. The smallest absolute Gasteiger partial charge is 0.396 e. The Kier molecular flexibility index (Phi) is 5.48. The van der Waals surface area contributed by atoms with Gasteiger partial charge in [0.25, 0.3) is 5.91 Å². The summed E-state index contributed by atoms with van der Waals surface area (Å²) in [5.74, 6) is -0.310. The van der Waals surface area contributed by atoms with E-state index in [1.54, 1.807) is 22.7 Å². The molecule has 0 saturated carbocycles. The highest BCUT2D eigenvalue weighted by Crippen LogP contribution is 2.45. The number of hydrogen-bond acceptors (Lipinski definition) is 5. The van der Waals surface area contributed by atoms with Crippen molar-refractivity contribution in [2.75, 3.05) is 37.7 Å². The maximum atomic E-state index is 13.5. The van der Waals surface area contributed by atoms with Crippen LogP contribution in [0.5, 0.6) is 0 Å². The number of anilines is 1. The number of carbonyl (C=O) groups is 1. The molecule has 1 aromatic heterocycles. The lowest BCUT2D eigenvalue weighted by molar-refractivity contribution is -0.137. The van der Waals surface area contributed by atoms with Gasteiger partial charge in [-0.25, -0.2) is 0 Å². The fourth-order valence-electron chi connectivity index (χ4n) is 5.50. The first kappa shape index (κ1) is 23.2. The monoisotopic (exact) mass is 483 g/mol. The summed E-state index contributed by atoms with van der Waals surface area (Å²) in [6, 6.07) is 12.8. The molecule has 35 heavy (non-hydrogen) atoms. The van der Waals surface area contributed by atoms with Crippen molar-refractivity contribution in [2.24, 2.45) is 18.4 Å². The molecule has 3 aromatic rings. The average Bonchev–Trinajstić information content (AvgIpc) is 3.41. The van der Waals surface area contributed by atoms with E-state index in [0.29, 0.717) is 44.0 Å². The Balaban J connectivity index is 1.41. The van der Waals surface area contributed by atoms with Crippen LogP contribution in [0.25, 0.3) is 10.9 Å². The van der Waals surface area contributed by atoms with Gasteiger partial charge in [-0.2, -0.15) is 23.5 Å². The largest absolute Gasteiger partial charge is 0.417 e. The van der Waals surface area contributed by atoms with Crippen LogP contribution in [0.1, 0.15) is 28.0 Å². The minimum Gasteiger partial charge on any atom is -0.396 e. The van der Waals surface area contributed by atoms with E-state index in [9.17, 15) is 23.1 Å². The second-order valence-corrected chi connectivity index (χ2v) is 9.43. The first-order chi connectivity index (χ1) is 16.7. The maximum Gasteiger partial charge on any atom is 0.417 e. The molecule has 0 radical (unpaired) electrons. The van der Waals surface area contributed by atoms with Crippen LogP contribution in [0.2, 0.25) is 0 Å². The molecular weight excluding hydrogens is 459 g/mol. The van der Waals surface area contributed by atoms with Crippen molar-refractivity contribution in [1.82, 2.24) is 14.7 Å². The number of piperidine rings is 1. The second kappa shape index (κ2) is 8.27. The minimum atomic E-state index is -4.64. The van der Waals surface area contributed by atoms with Crippen molar-refractivity contribution in [3.8, 4) is 6.07 Å². The summed E-state index contributed by atoms with van der Waals surface area (Å²) in [5, 5.41) is 24.6. The molecule has 10 heteroatoms. The Labute approximate surface area is 200 Å². The number of aromatic nitrogens is 2. The van der Waals surface area contributed by atoms with Crippen LogP contribution in [0.15, 0.2) is 42.5 Å². The van der Waals surface area contributed by atoms with Gasteiger partial charge >= 0.3 is 6.18 Å². The maximum absolute atomic E-state index is 13.5. The molecule has 3 heterocycles. The molecule has 182 valence electrons. The number of benzene rings is 2. The summed E-state index contributed by atoms with van der Waals surface area (Å²) in [6.45, 7) is 1.46. The first-order valence-corrected chi connectivity index (χ1v) is 11.3.